The summed E-state index contributed by atoms with van der Waals surface area (Å²) in [7, 11) is 0. The molecule has 2 rings (SSSR count). The Morgan fingerprint density at radius 1 is 1.17 bits per heavy atom. The van der Waals surface area contributed by atoms with Gasteiger partial charge in [-0.3, -0.25) is 4.79 Å². The maximum Gasteiger partial charge on any atom is 0.413 e. The SMILES string of the molecule is CC(C)(C)OC(=O)NC[C@H]1CC[C@@H](C(=O)NC(c2c(F)cccc2F)C(F)(F)F)O1. The molecule has 11 heteroatoms. The van der Waals surface area contributed by atoms with Gasteiger partial charge in [0.2, 0.25) is 5.91 Å². The van der Waals surface area contributed by atoms with E-state index in [0.29, 0.717) is 18.6 Å². The number of halogens is 5. The normalized spacial score (nSPS) is 20.5. The summed E-state index contributed by atoms with van der Waals surface area (Å²) in [5.74, 6) is -4.01. The van der Waals surface area contributed by atoms with Crippen molar-refractivity contribution in [3.05, 3.63) is 35.4 Å². The first-order chi connectivity index (χ1) is 13.8. The van der Waals surface area contributed by atoms with E-state index in [4.69, 9.17) is 9.47 Å². The van der Waals surface area contributed by atoms with Crippen molar-refractivity contribution >= 4 is 12.0 Å². The third-order valence-corrected chi connectivity index (χ3v) is 4.18. The highest BCUT2D eigenvalue weighted by Crippen LogP contribution is 2.36. The van der Waals surface area contributed by atoms with Crippen molar-refractivity contribution in [3.63, 3.8) is 0 Å². The standard InChI is InChI=1S/C19H23F5N2O4/c1-18(2,3)30-17(28)25-9-10-7-8-13(29-10)16(27)26-15(19(22,23)24)14-11(20)5-4-6-12(14)21/h4-6,10,13,15H,7-9H2,1-3H3,(H,25,28)(H,26,27)/t10-,13+,15?/m1/s1. The zero-order valence-electron chi connectivity index (χ0n) is 16.6. The number of hydrogen-bond donors (Lipinski definition) is 2. The van der Waals surface area contributed by atoms with E-state index in [2.05, 4.69) is 5.32 Å². The van der Waals surface area contributed by atoms with Gasteiger partial charge < -0.3 is 20.1 Å². The van der Waals surface area contributed by atoms with Gasteiger partial charge in [-0.1, -0.05) is 6.07 Å². The highest BCUT2D eigenvalue weighted by atomic mass is 19.4. The quantitative estimate of drug-likeness (QED) is 0.687. The average molecular weight is 438 g/mol. The van der Waals surface area contributed by atoms with Crippen molar-refractivity contribution in [3.8, 4) is 0 Å². The lowest BCUT2D eigenvalue weighted by Crippen LogP contribution is -2.44. The predicted molar refractivity (Wildman–Crippen MR) is 95.4 cm³/mol. The van der Waals surface area contributed by atoms with Crippen molar-refractivity contribution in [2.24, 2.45) is 0 Å². The second-order valence-electron chi connectivity index (χ2n) is 7.83. The maximum atomic E-state index is 13.8. The fourth-order valence-electron chi connectivity index (χ4n) is 2.90. The number of benzene rings is 1. The molecule has 2 amide bonds. The Labute approximate surface area is 170 Å². The topological polar surface area (TPSA) is 76.7 Å². The highest BCUT2D eigenvalue weighted by molar-refractivity contribution is 5.81. The molecular formula is C19H23F5N2O4. The Morgan fingerprint density at radius 2 is 1.77 bits per heavy atom. The van der Waals surface area contributed by atoms with Crippen LogP contribution in [0, 0.1) is 11.6 Å². The first kappa shape index (κ1) is 23.8. The molecule has 0 bridgehead atoms. The summed E-state index contributed by atoms with van der Waals surface area (Å²) < 4.78 is 78.3. The van der Waals surface area contributed by atoms with E-state index in [-0.39, 0.29) is 13.0 Å². The first-order valence-electron chi connectivity index (χ1n) is 9.21. The molecule has 1 unspecified atom stereocenters. The van der Waals surface area contributed by atoms with Gasteiger partial charge in [-0.2, -0.15) is 13.2 Å². The van der Waals surface area contributed by atoms with Gasteiger partial charge in [0.15, 0.2) is 6.04 Å². The lowest BCUT2D eigenvalue weighted by atomic mass is 10.0. The summed E-state index contributed by atoms with van der Waals surface area (Å²) in [6, 6.07) is -0.596. The van der Waals surface area contributed by atoms with Crippen LogP contribution in [-0.4, -0.2) is 42.5 Å². The Bertz CT molecular complexity index is 759. The van der Waals surface area contributed by atoms with Crippen LogP contribution in [-0.2, 0) is 14.3 Å². The van der Waals surface area contributed by atoms with E-state index in [1.807, 2.05) is 0 Å². The zero-order chi connectivity index (χ0) is 22.7. The molecule has 1 heterocycles. The van der Waals surface area contributed by atoms with Crippen LogP contribution in [0.2, 0.25) is 0 Å². The van der Waals surface area contributed by atoms with Gasteiger partial charge in [-0.15, -0.1) is 0 Å². The molecule has 6 nitrogen and oxygen atoms in total. The van der Waals surface area contributed by atoms with E-state index in [1.165, 1.54) is 0 Å². The van der Waals surface area contributed by atoms with Gasteiger partial charge in [-0.05, 0) is 45.7 Å². The van der Waals surface area contributed by atoms with Gasteiger partial charge in [-0.25, -0.2) is 13.6 Å². The Hall–Kier alpha value is -2.43. The number of hydrogen-bond acceptors (Lipinski definition) is 4. The number of amides is 2. The van der Waals surface area contributed by atoms with Crippen LogP contribution in [0.5, 0.6) is 0 Å². The van der Waals surface area contributed by atoms with Crippen molar-refractivity contribution in [1.29, 1.82) is 0 Å². The minimum atomic E-state index is -5.13. The number of rotatable bonds is 5. The molecule has 0 saturated carbocycles. The minimum absolute atomic E-state index is 0.0106. The smallest absolute Gasteiger partial charge is 0.413 e. The van der Waals surface area contributed by atoms with Crippen LogP contribution in [0.1, 0.15) is 45.2 Å². The van der Waals surface area contributed by atoms with E-state index < -0.39 is 59.2 Å². The lowest BCUT2D eigenvalue weighted by Gasteiger charge is -2.24. The Balaban J connectivity index is 1.98. The second kappa shape index (κ2) is 9.15. The van der Waals surface area contributed by atoms with E-state index in [9.17, 15) is 31.5 Å². The number of nitrogens with one attached hydrogen (secondary N) is 2. The van der Waals surface area contributed by atoms with Crippen molar-refractivity contribution in [2.45, 2.75) is 63.6 Å². The molecule has 1 aromatic rings. The summed E-state index contributed by atoms with van der Waals surface area (Å²) >= 11 is 0. The monoisotopic (exact) mass is 438 g/mol. The average Bonchev–Trinajstić information content (AvgIpc) is 3.05. The molecule has 1 aliphatic rings. The Morgan fingerprint density at radius 3 is 2.30 bits per heavy atom. The van der Waals surface area contributed by atoms with E-state index >= 15 is 0 Å². The third kappa shape index (κ3) is 6.54. The van der Waals surface area contributed by atoms with Crippen molar-refractivity contribution in [2.75, 3.05) is 6.54 Å². The summed E-state index contributed by atoms with van der Waals surface area (Å²) in [4.78, 5) is 23.9. The molecule has 1 fully saturated rings. The molecule has 30 heavy (non-hydrogen) atoms. The largest absolute Gasteiger partial charge is 0.444 e. The van der Waals surface area contributed by atoms with Gasteiger partial charge in [0.1, 0.15) is 23.3 Å². The second-order valence-corrected chi connectivity index (χ2v) is 7.83. The molecule has 1 saturated heterocycles. The van der Waals surface area contributed by atoms with Crippen LogP contribution in [0.15, 0.2) is 18.2 Å². The van der Waals surface area contributed by atoms with E-state index in [0.717, 1.165) is 6.07 Å². The summed E-state index contributed by atoms with van der Waals surface area (Å²) in [6.45, 7) is 5.01. The van der Waals surface area contributed by atoms with Crippen LogP contribution < -0.4 is 10.6 Å². The number of ether oxygens (including phenoxy) is 2. The summed E-state index contributed by atoms with van der Waals surface area (Å²) in [6.07, 6.45) is -7.34. The summed E-state index contributed by atoms with van der Waals surface area (Å²) in [5, 5.41) is 4.08. The van der Waals surface area contributed by atoms with Crippen LogP contribution >= 0.6 is 0 Å². The molecular weight excluding hydrogens is 415 g/mol. The highest BCUT2D eigenvalue weighted by Gasteiger charge is 2.46. The van der Waals surface area contributed by atoms with Crippen molar-refractivity contribution in [1.82, 2.24) is 10.6 Å². The number of carbonyl (C=O) groups excluding carboxylic acids is 2. The zero-order valence-corrected chi connectivity index (χ0v) is 16.6. The minimum Gasteiger partial charge on any atom is -0.444 e. The van der Waals surface area contributed by atoms with Gasteiger partial charge >= 0.3 is 12.3 Å². The van der Waals surface area contributed by atoms with Crippen LogP contribution in [0.4, 0.5) is 26.7 Å². The predicted octanol–water partition coefficient (Wildman–Crippen LogP) is 3.76. The fourth-order valence-corrected chi connectivity index (χ4v) is 2.90. The number of alkyl halides is 3. The molecule has 0 aliphatic carbocycles. The molecule has 0 radical (unpaired) electrons. The Kier molecular flexibility index (Phi) is 7.27. The van der Waals surface area contributed by atoms with Crippen LogP contribution in [0.25, 0.3) is 0 Å². The maximum absolute atomic E-state index is 13.8. The first-order valence-corrected chi connectivity index (χ1v) is 9.21. The van der Waals surface area contributed by atoms with Gasteiger partial charge in [0.05, 0.1) is 11.7 Å². The number of alkyl carbamates (subject to hydrolysis) is 1. The fraction of sp³-hybridized carbons (Fsp3) is 0.579. The molecule has 3 atom stereocenters. The molecule has 2 N–H and O–H groups in total. The van der Waals surface area contributed by atoms with Gasteiger partial charge in [0.25, 0.3) is 0 Å². The summed E-state index contributed by atoms with van der Waals surface area (Å²) in [5.41, 5.74) is -2.00. The molecule has 1 aromatic carbocycles. The van der Waals surface area contributed by atoms with Crippen LogP contribution in [0.3, 0.4) is 0 Å². The lowest BCUT2D eigenvalue weighted by molar-refractivity contribution is -0.167. The molecule has 0 spiro atoms. The van der Waals surface area contributed by atoms with Crippen molar-refractivity contribution < 1.29 is 41.0 Å². The molecule has 168 valence electrons. The third-order valence-electron chi connectivity index (χ3n) is 4.18. The van der Waals surface area contributed by atoms with E-state index in [1.54, 1.807) is 26.1 Å². The van der Waals surface area contributed by atoms with Gasteiger partial charge in [0, 0.05) is 6.54 Å². The molecule has 0 aromatic heterocycles. The molecule has 1 aliphatic heterocycles. The number of carbonyl (C=O) groups is 2.